The van der Waals surface area contributed by atoms with Gasteiger partial charge in [-0.2, -0.15) is 13.2 Å². The molecule has 1 heterocycles. The molecule has 0 atom stereocenters. The first-order valence-electron chi connectivity index (χ1n) is 5.64. The first kappa shape index (κ1) is 16.8. The standard InChI is InChI=1S/C11H8ClF3N4OS2/c1-19(10-18-17-8(12)21-10)9(20)16-6-2-4-7(5-3-6)22-11(13,14)15/h2-5H,1H3,(H,16,20). The fourth-order valence-electron chi connectivity index (χ4n) is 1.37. The minimum absolute atomic E-state index is 0.0368. The third-order valence-electron chi connectivity index (χ3n) is 2.32. The van der Waals surface area contributed by atoms with Crippen molar-refractivity contribution in [2.24, 2.45) is 0 Å². The highest BCUT2D eigenvalue weighted by molar-refractivity contribution is 8.00. The van der Waals surface area contributed by atoms with E-state index in [1.165, 1.54) is 36.2 Å². The van der Waals surface area contributed by atoms with E-state index in [2.05, 4.69) is 15.5 Å². The molecule has 2 aromatic rings. The minimum Gasteiger partial charge on any atom is -0.307 e. The van der Waals surface area contributed by atoms with Gasteiger partial charge in [0.2, 0.25) is 9.60 Å². The topological polar surface area (TPSA) is 58.1 Å². The molecule has 0 spiro atoms. The summed E-state index contributed by atoms with van der Waals surface area (Å²) in [5.74, 6) is 0. The predicted octanol–water partition coefficient (Wildman–Crippen LogP) is 4.47. The van der Waals surface area contributed by atoms with Crippen molar-refractivity contribution < 1.29 is 18.0 Å². The molecule has 0 aliphatic carbocycles. The van der Waals surface area contributed by atoms with E-state index in [9.17, 15) is 18.0 Å². The molecule has 0 saturated carbocycles. The number of anilines is 2. The van der Waals surface area contributed by atoms with E-state index in [4.69, 9.17) is 11.6 Å². The maximum Gasteiger partial charge on any atom is 0.446 e. The Hall–Kier alpha value is -1.52. The van der Waals surface area contributed by atoms with E-state index in [0.29, 0.717) is 10.8 Å². The number of urea groups is 1. The Kier molecular flexibility index (Phi) is 5.14. The number of benzene rings is 1. The van der Waals surface area contributed by atoms with Crippen LogP contribution in [0.1, 0.15) is 0 Å². The number of carbonyl (C=O) groups is 1. The van der Waals surface area contributed by atoms with Gasteiger partial charge in [-0.05, 0) is 47.6 Å². The highest BCUT2D eigenvalue weighted by Crippen LogP contribution is 2.37. The van der Waals surface area contributed by atoms with Crippen molar-refractivity contribution in [1.82, 2.24) is 10.2 Å². The Bertz CT molecular complexity index is 662. The van der Waals surface area contributed by atoms with E-state index < -0.39 is 11.5 Å². The molecule has 1 N–H and O–H groups in total. The number of nitrogens with zero attached hydrogens (tertiary/aromatic N) is 3. The Balaban J connectivity index is 2.00. The fraction of sp³-hybridized carbons (Fsp3) is 0.182. The summed E-state index contributed by atoms with van der Waals surface area (Å²) in [4.78, 5) is 13.2. The second kappa shape index (κ2) is 6.71. The normalized spacial score (nSPS) is 11.3. The average Bonchev–Trinajstić information content (AvgIpc) is 2.85. The molecular formula is C11H8ClF3N4OS2. The second-order valence-electron chi connectivity index (χ2n) is 3.90. The van der Waals surface area contributed by atoms with Gasteiger partial charge in [0.25, 0.3) is 0 Å². The lowest BCUT2D eigenvalue weighted by atomic mass is 10.3. The van der Waals surface area contributed by atoms with Gasteiger partial charge in [0.1, 0.15) is 0 Å². The molecule has 2 rings (SSSR count). The molecule has 2 amide bonds. The number of hydrogen-bond acceptors (Lipinski definition) is 5. The van der Waals surface area contributed by atoms with Crippen molar-refractivity contribution in [3.8, 4) is 0 Å². The molecule has 0 bridgehead atoms. The third-order valence-corrected chi connectivity index (χ3v) is 4.15. The minimum atomic E-state index is -4.35. The van der Waals surface area contributed by atoms with Crippen LogP contribution in [0.25, 0.3) is 0 Å². The van der Waals surface area contributed by atoms with Crippen LogP contribution in [0, 0.1) is 0 Å². The zero-order valence-electron chi connectivity index (χ0n) is 10.9. The highest BCUT2D eigenvalue weighted by atomic mass is 35.5. The van der Waals surface area contributed by atoms with Crippen LogP contribution in [0.4, 0.5) is 28.8 Å². The Morgan fingerprint density at radius 3 is 2.45 bits per heavy atom. The van der Waals surface area contributed by atoms with Crippen LogP contribution in [-0.2, 0) is 0 Å². The lowest BCUT2D eigenvalue weighted by Crippen LogP contribution is -2.31. The molecule has 0 fully saturated rings. The van der Waals surface area contributed by atoms with Crippen LogP contribution >= 0.6 is 34.7 Å². The lowest BCUT2D eigenvalue weighted by Gasteiger charge is -2.14. The molecule has 22 heavy (non-hydrogen) atoms. The Morgan fingerprint density at radius 2 is 1.95 bits per heavy atom. The van der Waals surface area contributed by atoms with Gasteiger partial charge in [0.05, 0.1) is 0 Å². The molecule has 0 aliphatic heterocycles. The number of hydrogen-bond donors (Lipinski definition) is 1. The summed E-state index contributed by atoms with van der Waals surface area (Å²) in [6.07, 6.45) is 0. The van der Waals surface area contributed by atoms with Crippen molar-refractivity contribution in [2.75, 3.05) is 17.3 Å². The molecule has 1 aromatic carbocycles. The quantitative estimate of drug-likeness (QED) is 0.812. The van der Waals surface area contributed by atoms with Crippen molar-refractivity contribution >= 4 is 51.5 Å². The average molecular weight is 369 g/mol. The molecular weight excluding hydrogens is 361 g/mol. The Morgan fingerprint density at radius 1 is 1.32 bits per heavy atom. The molecule has 0 radical (unpaired) electrons. The van der Waals surface area contributed by atoms with Crippen molar-refractivity contribution in [3.63, 3.8) is 0 Å². The number of amides is 2. The van der Waals surface area contributed by atoms with Gasteiger partial charge in [0, 0.05) is 17.6 Å². The van der Waals surface area contributed by atoms with Crippen molar-refractivity contribution in [3.05, 3.63) is 28.7 Å². The van der Waals surface area contributed by atoms with Gasteiger partial charge in [-0.1, -0.05) is 11.3 Å². The summed E-state index contributed by atoms with van der Waals surface area (Å²) >= 11 is 6.44. The van der Waals surface area contributed by atoms with E-state index in [0.717, 1.165) is 11.3 Å². The molecule has 0 unspecified atom stereocenters. The van der Waals surface area contributed by atoms with E-state index in [-0.39, 0.29) is 21.1 Å². The molecule has 11 heteroatoms. The van der Waals surface area contributed by atoms with Crippen LogP contribution in [0.3, 0.4) is 0 Å². The number of halogens is 4. The van der Waals surface area contributed by atoms with Crippen LogP contribution in [0.2, 0.25) is 4.47 Å². The van der Waals surface area contributed by atoms with Gasteiger partial charge < -0.3 is 5.32 Å². The number of thioether (sulfide) groups is 1. The Labute approximate surface area is 136 Å². The molecule has 0 aliphatic rings. The summed E-state index contributed by atoms with van der Waals surface area (Å²) < 4.78 is 36.8. The maximum absolute atomic E-state index is 12.2. The monoisotopic (exact) mass is 368 g/mol. The SMILES string of the molecule is CN(C(=O)Nc1ccc(SC(F)(F)F)cc1)c1nnc(Cl)s1. The number of carbonyl (C=O) groups excluding carboxylic acids is 1. The number of aromatic nitrogens is 2. The van der Waals surface area contributed by atoms with Crippen LogP contribution in [-0.4, -0.2) is 28.8 Å². The van der Waals surface area contributed by atoms with Crippen molar-refractivity contribution in [1.29, 1.82) is 0 Å². The molecule has 118 valence electrons. The lowest BCUT2D eigenvalue weighted by molar-refractivity contribution is -0.0328. The predicted molar refractivity (Wildman–Crippen MR) is 80.7 cm³/mol. The summed E-state index contributed by atoms with van der Waals surface area (Å²) in [6, 6.07) is 4.80. The van der Waals surface area contributed by atoms with Gasteiger partial charge in [-0.15, -0.1) is 10.2 Å². The van der Waals surface area contributed by atoms with Gasteiger partial charge in [-0.3, -0.25) is 4.90 Å². The smallest absolute Gasteiger partial charge is 0.307 e. The fourth-order valence-corrected chi connectivity index (χ4v) is 2.69. The van der Waals surface area contributed by atoms with Crippen LogP contribution in [0.15, 0.2) is 29.2 Å². The molecule has 0 saturated heterocycles. The largest absolute Gasteiger partial charge is 0.446 e. The van der Waals surface area contributed by atoms with Gasteiger partial charge >= 0.3 is 11.5 Å². The first-order valence-corrected chi connectivity index (χ1v) is 7.65. The highest BCUT2D eigenvalue weighted by Gasteiger charge is 2.29. The summed E-state index contributed by atoms with van der Waals surface area (Å²) in [5, 5.41) is 10.1. The summed E-state index contributed by atoms with van der Waals surface area (Å²) in [6.45, 7) is 0. The van der Waals surface area contributed by atoms with E-state index in [1.807, 2.05) is 0 Å². The van der Waals surface area contributed by atoms with Crippen LogP contribution < -0.4 is 10.2 Å². The third kappa shape index (κ3) is 4.75. The number of alkyl halides is 3. The van der Waals surface area contributed by atoms with Gasteiger partial charge in [-0.25, -0.2) is 4.79 Å². The van der Waals surface area contributed by atoms with Crippen molar-refractivity contribution in [2.45, 2.75) is 10.4 Å². The van der Waals surface area contributed by atoms with E-state index >= 15 is 0 Å². The van der Waals surface area contributed by atoms with Crippen LogP contribution in [0.5, 0.6) is 0 Å². The van der Waals surface area contributed by atoms with E-state index in [1.54, 1.807) is 0 Å². The summed E-state index contributed by atoms with van der Waals surface area (Å²) in [5.41, 5.74) is -3.98. The first-order chi connectivity index (χ1) is 10.2. The van der Waals surface area contributed by atoms with Gasteiger partial charge in [0.15, 0.2) is 0 Å². The zero-order chi connectivity index (χ0) is 16.3. The maximum atomic E-state index is 12.2. The molecule has 1 aromatic heterocycles. The number of rotatable bonds is 3. The summed E-state index contributed by atoms with van der Waals surface area (Å²) in [7, 11) is 1.47. The zero-order valence-corrected chi connectivity index (χ0v) is 13.3. The number of nitrogens with one attached hydrogen (secondary N) is 1. The second-order valence-corrected chi connectivity index (χ2v) is 6.58. The molecule has 5 nitrogen and oxygen atoms in total.